The first-order chi connectivity index (χ1) is 13.8. The van der Waals surface area contributed by atoms with Gasteiger partial charge in [-0.2, -0.15) is 0 Å². The van der Waals surface area contributed by atoms with Crippen molar-refractivity contribution in [3.63, 3.8) is 0 Å². The normalized spacial score (nSPS) is 17.3. The molecule has 1 aliphatic rings. The number of ether oxygens (including phenoxy) is 2. The van der Waals surface area contributed by atoms with Gasteiger partial charge in [0.25, 0.3) is 0 Å². The maximum Gasteiger partial charge on any atom is 0.319 e. The van der Waals surface area contributed by atoms with Gasteiger partial charge in [0, 0.05) is 26.2 Å². The Morgan fingerprint density at radius 1 is 1.00 bits per heavy atom. The van der Waals surface area contributed by atoms with Crippen LogP contribution in [-0.4, -0.2) is 92.7 Å². The van der Waals surface area contributed by atoms with Gasteiger partial charge in [0.15, 0.2) is 0 Å². The summed E-state index contributed by atoms with van der Waals surface area (Å²) in [6.45, 7) is 3.69. The van der Waals surface area contributed by atoms with Crippen LogP contribution in [0.5, 0.6) is 5.75 Å². The third kappa shape index (κ3) is 6.52. The molecule has 2 rings (SSSR count). The standard InChI is InChI=1S/C20H29N3O6/c1-15(24)10-21-20(16-4-6-17(25)7-5-16)13-22(11-18(26)28-2)8-9-23(14-20)12-19(27)29-3/h4-7,21,25H,8-14H2,1-3H3. The number of carbonyl (C=O) groups excluding carboxylic acids is 3. The molecule has 1 aromatic rings. The number of nitrogens with one attached hydrogen (secondary N) is 1. The van der Waals surface area contributed by atoms with Gasteiger partial charge in [-0.05, 0) is 24.6 Å². The molecule has 0 amide bonds. The molecule has 0 bridgehead atoms. The minimum Gasteiger partial charge on any atom is -0.508 e. The van der Waals surface area contributed by atoms with Gasteiger partial charge in [-0.1, -0.05) is 12.1 Å². The summed E-state index contributed by atoms with van der Waals surface area (Å²) < 4.78 is 9.63. The first kappa shape index (κ1) is 22.8. The van der Waals surface area contributed by atoms with Crippen molar-refractivity contribution >= 4 is 17.7 Å². The number of rotatable bonds is 8. The molecule has 0 atom stereocenters. The zero-order chi connectivity index (χ0) is 21.4. The summed E-state index contributed by atoms with van der Waals surface area (Å²) in [5.74, 6) is -0.636. The second kappa shape index (κ2) is 10.3. The van der Waals surface area contributed by atoms with Crippen LogP contribution in [0.2, 0.25) is 0 Å². The zero-order valence-corrected chi connectivity index (χ0v) is 17.1. The average Bonchev–Trinajstić information content (AvgIpc) is 2.86. The Balaban J connectivity index is 2.42. The average molecular weight is 407 g/mol. The molecule has 2 N–H and O–H groups in total. The van der Waals surface area contributed by atoms with E-state index in [1.54, 1.807) is 24.3 Å². The number of benzene rings is 1. The number of phenols is 1. The quantitative estimate of drug-likeness (QED) is 0.563. The Morgan fingerprint density at radius 2 is 1.48 bits per heavy atom. The fourth-order valence-electron chi connectivity index (χ4n) is 3.49. The van der Waals surface area contributed by atoms with Gasteiger partial charge >= 0.3 is 11.9 Å². The summed E-state index contributed by atoms with van der Waals surface area (Å²) in [6, 6.07) is 6.71. The van der Waals surface area contributed by atoms with Crippen LogP contribution in [0.15, 0.2) is 24.3 Å². The van der Waals surface area contributed by atoms with Crippen LogP contribution >= 0.6 is 0 Å². The number of Topliss-reactive ketones (excluding diaryl/α,β-unsaturated/α-hetero) is 1. The molecule has 0 unspecified atom stereocenters. The van der Waals surface area contributed by atoms with Gasteiger partial charge in [0.05, 0.1) is 39.4 Å². The summed E-state index contributed by atoms with van der Waals surface area (Å²) in [6.07, 6.45) is 0. The van der Waals surface area contributed by atoms with Crippen LogP contribution in [-0.2, 0) is 29.4 Å². The smallest absolute Gasteiger partial charge is 0.319 e. The number of phenolic OH excluding ortho intramolecular Hbond substituents is 1. The predicted molar refractivity (Wildman–Crippen MR) is 105 cm³/mol. The SMILES string of the molecule is COC(=O)CN1CCN(CC(=O)OC)CC(NCC(C)=O)(c2ccc(O)cc2)C1. The highest BCUT2D eigenvalue weighted by molar-refractivity contribution is 5.77. The second-order valence-corrected chi connectivity index (χ2v) is 7.26. The van der Waals surface area contributed by atoms with Gasteiger partial charge in [-0.15, -0.1) is 0 Å². The summed E-state index contributed by atoms with van der Waals surface area (Å²) in [5, 5.41) is 13.0. The van der Waals surface area contributed by atoms with E-state index in [1.807, 2.05) is 9.80 Å². The molecule has 1 aromatic carbocycles. The highest BCUT2D eigenvalue weighted by atomic mass is 16.5. The van der Waals surface area contributed by atoms with E-state index in [1.165, 1.54) is 21.1 Å². The summed E-state index contributed by atoms with van der Waals surface area (Å²) in [7, 11) is 2.68. The fraction of sp³-hybridized carbons (Fsp3) is 0.550. The van der Waals surface area contributed by atoms with Crippen LogP contribution < -0.4 is 5.32 Å². The van der Waals surface area contributed by atoms with Crippen LogP contribution in [0.25, 0.3) is 0 Å². The lowest BCUT2D eigenvalue weighted by Gasteiger charge is -2.39. The Kier molecular flexibility index (Phi) is 8.12. The highest BCUT2D eigenvalue weighted by Gasteiger charge is 2.39. The number of carbonyl (C=O) groups is 3. The van der Waals surface area contributed by atoms with Crippen molar-refractivity contribution in [2.24, 2.45) is 0 Å². The molecule has 0 spiro atoms. The first-order valence-corrected chi connectivity index (χ1v) is 9.40. The number of esters is 2. The van der Waals surface area contributed by atoms with E-state index in [-0.39, 0.29) is 43.1 Å². The summed E-state index contributed by atoms with van der Waals surface area (Å²) >= 11 is 0. The Bertz CT molecular complexity index is 693. The monoisotopic (exact) mass is 407 g/mol. The van der Waals surface area contributed by atoms with Gasteiger partial charge in [0.1, 0.15) is 11.5 Å². The summed E-state index contributed by atoms with van der Waals surface area (Å²) in [4.78, 5) is 39.4. The molecular formula is C20H29N3O6. The lowest BCUT2D eigenvalue weighted by molar-refractivity contribution is -0.143. The molecule has 1 heterocycles. The van der Waals surface area contributed by atoms with E-state index >= 15 is 0 Å². The second-order valence-electron chi connectivity index (χ2n) is 7.26. The van der Waals surface area contributed by atoms with Crippen molar-refractivity contribution in [1.29, 1.82) is 0 Å². The van der Waals surface area contributed by atoms with Gasteiger partial charge in [-0.3, -0.25) is 29.5 Å². The van der Waals surface area contributed by atoms with Crippen LogP contribution in [0.3, 0.4) is 0 Å². The fourth-order valence-corrected chi connectivity index (χ4v) is 3.49. The summed E-state index contributed by atoms with van der Waals surface area (Å²) in [5.41, 5.74) is 0.0842. The predicted octanol–water partition coefficient (Wildman–Crippen LogP) is -0.270. The van der Waals surface area contributed by atoms with Crippen LogP contribution in [0.1, 0.15) is 12.5 Å². The highest BCUT2D eigenvalue weighted by Crippen LogP contribution is 2.28. The largest absolute Gasteiger partial charge is 0.508 e. The van der Waals surface area contributed by atoms with Crippen molar-refractivity contribution in [2.45, 2.75) is 12.5 Å². The Morgan fingerprint density at radius 3 is 1.90 bits per heavy atom. The molecule has 9 heteroatoms. The van der Waals surface area contributed by atoms with Gasteiger partial charge < -0.3 is 14.6 Å². The number of nitrogens with zero attached hydrogens (tertiary/aromatic N) is 2. The molecule has 9 nitrogen and oxygen atoms in total. The molecule has 0 radical (unpaired) electrons. The molecule has 0 aliphatic carbocycles. The van der Waals surface area contributed by atoms with Crippen LogP contribution in [0.4, 0.5) is 0 Å². The topological polar surface area (TPSA) is 108 Å². The van der Waals surface area contributed by atoms with E-state index in [4.69, 9.17) is 9.47 Å². The maximum atomic E-state index is 11.9. The minimum atomic E-state index is -0.752. The third-order valence-electron chi connectivity index (χ3n) is 4.98. The Hall–Kier alpha value is -2.49. The van der Waals surface area contributed by atoms with Crippen molar-refractivity contribution in [3.8, 4) is 5.75 Å². The van der Waals surface area contributed by atoms with E-state index in [9.17, 15) is 19.5 Å². The lowest BCUT2D eigenvalue weighted by Crippen LogP contribution is -2.56. The number of hydrogen-bond donors (Lipinski definition) is 2. The van der Waals surface area contributed by atoms with Crippen LogP contribution in [0, 0.1) is 0 Å². The van der Waals surface area contributed by atoms with Crippen molar-refractivity contribution in [1.82, 2.24) is 15.1 Å². The zero-order valence-electron chi connectivity index (χ0n) is 17.1. The molecular weight excluding hydrogens is 378 g/mol. The van der Waals surface area contributed by atoms with Crippen molar-refractivity contribution in [2.75, 3.05) is 60.0 Å². The molecule has 1 aliphatic heterocycles. The maximum absolute atomic E-state index is 11.9. The van der Waals surface area contributed by atoms with Gasteiger partial charge in [0.2, 0.25) is 0 Å². The third-order valence-corrected chi connectivity index (χ3v) is 4.98. The van der Waals surface area contributed by atoms with E-state index in [2.05, 4.69) is 5.32 Å². The van der Waals surface area contributed by atoms with E-state index in [0.29, 0.717) is 26.2 Å². The first-order valence-electron chi connectivity index (χ1n) is 9.40. The minimum absolute atomic E-state index is 0.0357. The molecule has 0 saturated carbocycles. The molecule has 1 saturated heterocycles. The van der Waals surface area contributed by atoms with Crippen molar-refractivity contribution in [3.05, 3.63) is 29.8 Å². The molecule has 0 aromatic heterocycles. The number of ketones is 1. The molecule has 160 valence electrons. The van der Waals surface area contributed by atoms with Gasteiger partial charge in [-0.25, -0.2) is 0 Å². The van der Waals surface area contributed by atoms with E-state index < -0.39 is 5.54 Å². The number of hydrogen-bond acceptors (Lipinski definition) is 9. The number of methoxy groups -OCH3 is 2. The van der Waals surface area contributed by atoms with Crippen molar-refractivity contribution < 1.29 is 29.0 Å². The Labute approximate surface area is 170 Å². The molecule has 1 fully saturated rings. The molecule has 29 heavy (non-hydrogen) atoms. The lowest BCUT2D eigenvalue weighted by atomic mass is 9.88. The van der Waals surface area contributed by atoms with E-state index in [0.717, 1.165) is 5.56 Å². The number of aromatic hydroxyl groups is 1.